The third-order valence-corrected chi connectivity index (χ3v) is 2.29. The van der Waals surface area contributed by atoms with E-state index in [0.717, 1.165) is 13.0 Å². The Kier molecular flexibility index (Phi) is 3.54. The number of hydrogen-bond acceptors (Lipinski definition) is 3. The molecule has 0 aromatic rings. The van der Waals surface area contributed by atoms with E-state index in [4.69, 9.17) is 11.3 Å². The largest absolute Gasteiger partial charge is 0.302 e. The van der Waals surface area contributed by atoms with Gasteiger partial charge in [-0.25, -0.2) is 0 Å². The summed E-state index contributed by atoms with van der Waals surface area (Å²) in [6.07, 6.45) is 6.17. The Morgan fingerprint density at radius 2 is 2.50 bits per heavy atom. The van der Waals surface area contributed by atoms with Crippen LogP contribution in [0.25, 0.3) is 0 Å². The van der Waals surface area contributed by atoms with Crippen LogP contribution < -0.4 is 5.48 Å². The highest BCUT2D eigenvalue weighted by Crippen LogP contribution is 2.14. The summed E-state index contributed by atoms with van der Waals surface area (Å²) in [6.45, 7) is 3.59. The van der Waals surface area contributed by atoms with Gasteiger partial charge >= 0.3 is 0 Å². The molecule has 1 fully saturated rings. The second-order valence-corrected chi connectivity index (χ2v) is 3.33. The minimum atomic E-state index is 0.342. The summed E-state index contributed by atoms with van der Waals surface area (Å²) in [5.41, 5.74) is 2.96. The molecule has 0 bridgehead atoms. The van der Waals surface area contributed by atoms with Crippen molar-refractivity contribution >= 4 is 0 Å². The zero-order chi connectivity index (χ0) is 8.97. The zero-order valence-corrected chi connectivity index (χ0v) is 7.71. The molecule has 1 heterocycles. The van der Waals surface area contributed by atoms with Gasteiger partial charge in [0, 0.05) is 18.6 Å². The standard InChI is InChI=1S/C9H16N2O/c1-4-5-12-10-9-6-8(2)11(3)7-9/h1,8-10H,5-7H2,2-3H3. The van der Waals surface area contributed by atoms with E-state index in [9.17, 15) is 0 Å². The summed E-state index contributed by atoms with van der Waals surface area (Å²) in [4.78, 5) is 7.35. The lowest BCUT2D eigenvalue weighted by atomic mass is 10.2. The van der Waals surface area contributed by atoms with E-state index < -0.39 is 0 Å². The Balaban J connectivity index is 2.15. The van der Waals surface area contributed by atoms with E-state index in [-0.39, 0.29) is 0 Å². The fourth-order valence-electron chi connectivity index (χ4n) is 1.48. The Labute approximate surface area is 74.0 Å². The van der Waals surface area contributed by atoms with E-state index in [1.54, 1.807) is 0 Å². The SMILES string of the molecule is C#CCONC1CC(C)N(C)C1. The summed E-state index contributed by atoms with van der Waals surface area (Å²) in [6, 6.07) is 1.07. The molecule has 68 valence electrons. The van der Waals surface area contributed by atoms with Gasteiger partial charge < -0.3 is 4.90 Å². The summed E-state index contributed by atoms with van der Waals surface area (Å²) in [5.74, 6) is 2.42. The van der Waals surface area contributed by atoms with Crippen molar-refractivity contribution in [2.24, 2.45) is 0 Å². The van der Waals surface area contributed by atoms with Crippen LogP contribution >= 0.6 is 0 Å². The molecule has 12 heavy (non-hydrogen) atoms. The Bertz CT molecular complexity index is 166. The molecule has 2 unspecified atom stereocenters. The minimum absolute atomic E-state index is 0.342. The fraction of sp³-hybridized carbons (Fsp3) is 0.778. The fourth-order valence-corrected chi connectivity index (χ4v) is 1.48. The van der Waals surface area contributed by atoms with Crippen LogP contribution in [0.2, 0.25) is 0 Å². The molecular formula is C9H16N2O. The average Bonchev–Trinajstić information content (AvgIpc) is 2.32. The van der Waals surface area contributed by atoms with Gasteiger partial charge in [-0.2, -0.15) is 5.48 Å². The molecule has 0 radical (unpaired) electrons. The highest BCUT2D eigenvalue weighted by atomic mass is 16.6. The van der Waals surface area contributed by atoms with E-state index >= 15 is 0 Å². The molecule has 2 atom stereocenters. The maximum atomic E-state index is 5.05. The third kappa shape index (κ3) is 2.49. The molecule has 3 nitrogen and oxygen atoms in total. The smallest absolute Gasteiger partial charge is 0.128 e. The summed E-state index contributed by atoms with van der Waals surface area (Å²) >= 11 is 0. The number of hydroxylamine groups is 1. The number of rotatable bonds is 3. The van der Waals surface area contributed by atoms with Crippen molar-refractivity contribution in [2.45, 2.75) is 25.4 Å². The van der Waals surface area contributed by atoms with Crippen molar-refractivity contribution in [1.82, 2.24) is 10.4 Å². The Morgan fingerprint density at radius 1 is 1.75 bits per heavy atom. The molecule has 1 saturated heterocycles. The van der Waals surface area contributed by atoms with E-state index in [1.807, 2.05) is 0 Å². The van der Waals surface area contributed by atoms with Crippen molar-refractivity contribution in [3.8, 4) is 12.3 Å². The lowest BCUT2D eigenvalue weighted by molar-refractivity contribution is 0.0409. The summed E-state index contributed by atoms with van der Waals surface area (Å²) < 4.78 is 0. The number of likely N-dealkylation sites (N-methyl/N-ethyl adjacent to an activating group) is 1. The molecule has 0 aliphatic carbocycles. The molecular weight excluding hydrogens is 152 g/mol. The second-order valence-electron chi connectivity index (χ2n) is 3.33. The number of nitrogens with zero attached hydrogens (tertiary/aromatic N) is 1. The number of hydrogen-bond donors (Lipinski definition) is 1. The van der Waals surface area contributed by atoms with Gasteiger partial charge in [0.05, 0.1) is 0 Å². The molecule has 3 heteroatoms. The van der Waals surface area contributed by atoms with Crippen LogP contribution in [-0.2, 0) is 4.84 Å². The first-order chi connectivity index (χ1) is 5.74. The van der Waals surface area contributed by atoms with Crippen LogP contribution in [0, 0.1) is 12.3 Å². The van der Waals surface area contributed by atoms with Crippen molar-refractivity contribution in [1.29, 1.82) is 0 Å². The first-order valence-electron chi connectivity index (χ1n) is 4.25. The quantitative estimate of drug-likeness (QED) is 0.371. The molecule has 0 spiro atoms. The van der Waals surface area contributed by atoms with Crippen molar-refractivity contribution in [2.75, 3.05) is 20.2 Å². The zero-order valence-electron chi connectivity index (χ0n) is 7.71. The predicted molar refractivity (Wildman–Crippen MR) is 48.4 cm³/mol. The highest BCUT2D eigenvalue weighted by molar-refractivity contribution is 4.85. The second kappa shape index (κ2) is 4.46. The van der Waals surface area contributed by atoms with E-state index in [2.05, 4.69) is 30.3 Å². The lowest BCUT2D eigenvalue weighted by Gasteiger charge is -2.12. The normalized spacial score (nSPS) is 30.4. The van der Waals surface area contributed by atoms with Crippen LogP contribution in [0.4, 0.5) is 0 Å². The molecule has 0 aromatic heterocycles. The van der Waals surface area contributed by atoms with E-state index in [0.29, 0.717) is 18.7 Å². The maximum absolute atomic E-state index is 5.05. The van der Waals surface area contributed by atoms with Crippen LogP contribution in [0.1, 0.15) is 13.3 Å². The molecule has 0 aromatic carbocycles. The average molecular weight is 168 g/mol. The molecule has 0 amide bonds. The molecule has 1 rings (SSSR count). The third-order valence-electron chi connectivity index (χ3n) is 2.29. The van der Waals surface area contributed by atoms with Crippen molar-refractivity contribution < 1.29 is 4.84 Å². The monoisotopic (exact) mass is 168 g/mol. The van der Waals surface area contributed by atoms with Gasteiger partial charge in [0.25, 0.3) is 0 Å². The van der Waals surface area contributed by atoms with Gasteiger partial charge in [-0.3, -0.25) is 4.84 Å². The van der Waals surface area contributed by atoms with Crippen LogP contribution in [0.15, 0.2) is 0 Å². The minimum Gasteiger partial charge on any atom is -0.302 e. The first kappa shape index (κ1) is 9.53. The van der Waals surface area contributed by atoms with Crippen molar-refractivity contribution in [3.63, 3.8) is 0 Å². The van der Waals surface area contributed by atoms with Gasteiger partial charge in [-0.15, -0.1) is 6.42 Å². The van der Waals surface area contributed by atoms with Gasteiger partial charge in [-0.1, -0.05) is 5.92 Å². The Hall–Kier alpha value is -0.560. The molecule has 1 aliphatic rings. The number of likely N-dealkylation sites (tertiary alicyclic amines) is 1. The maximum Gasteiger partial charge on any atom is 0.128 e. The van der Waals surface area contributed by atoms with Crippen LogP contribution in [0.5, 0.6) is 0 Å². The lowest BCUT2D eigenvalue weighted by Crippen LogP contribution is -2.31. The molecule has 0 saturated carbocycles. The number of nitrogens with one attached hydrogen (secondary N) is 1. The van der Waals surface area contributed by atoms with Gasteiger partial charge in [0.1, 0.15) is 6.61 Å². The van der Waals surface area contributed by atoms with Gasteiger partial charge in [0.2, 0.25) is 0 Å². The first-order valence-corrected chi connectivity index (χ1v) is 4.25. The summed E-state index contributed by atoms with van der Waals surface area (Å²) in [5, 5.41) is 0. The van der Waals surface area contributed by atoms with Gasteiger partial charge in [-0.05, 0) is 20.4 Å². The molecule has 1 N–H and O–H groups in total. The van der Waals surface area contributed by atoms with Crippen molar-refractivity contribution in [3.05, 3.63) is 0 Å². The predicted octanol–water partition coefficient (Wildman–Crippen LogP) is 0.233. The van der Waals surface area contributed by atoms with Crippen LogP contribution in [-0.4, -0.2) is 37.2 Å². The molecule has 1 aliphatic heterocycles. The Morgan fingerprint density at radius 3 is 3.00 bits per heavy atom. The summed E-state index contributed by atoms with van der Waals surface area (Å²) in [7, 11) is 2.12. The van der Waals surface area contributed by atoms with Crippen LogP contribution in [0.3, 0.4) is 0 Å². The van der Waals surface area contributed by atoms with E-state index in [1.165, 1.54) is 0 Å². The highest BCUT2D eigenvalue weighted by Gasteiger charge is 2.25. The van der Waals surface area contributed by atoms with Gasteiger partial charge in [0.15, 0.2) is 0 Å². The topological polar surface area (TPSA) is 24.5 Å². The number of terminal acetylenes is 1.